The normalized spacial score (nSPS) is 25.7. The van der Waals surface area contributed by atoms with Gasteiger partial charge in [-0.3, -0.25) is 4.79 Å². The van der Waals surface area contributed by atoms with Crippen LogP contribution in [0.5, 0.6) is 0 Å². The number of benzene rings is 1. The van der Waals surface area contributed by atoms with Gasteiger partial charge in [0.2, 0.25) is 5.91 Å². The molecular formula is C16H21F2NO2. The van der Waals surface area contributed by atoms with Crippen LogP contribution < -0.4 is 0 Å². The molecule has 0 saturated carbocycles. The van der Waals surface area contributed by atoms with Crippen molar-refractivity contribution in [3.8, 4) is 0 Å². The summed E-state index contributed by atoms with van der Waals surface area (Å²) in [5.74, 6) is -1.61. The minimum atomic E-state index is -0.906. The van der Waals surface area contributed by atoms with Crippen LogP contribution in [0.3, 0.4) is 0 Å². The molecule has 2 rings (SSSR count). The first-order chi connectivity index (χ1) is 9.74. The number of nitrogens with zero attached hydrogens (tertiary/aromatic N) is 1. The molecule has 0 bridgehead atoms. The number of β-amino-alcohol motifs (C(OH)–C–C–N with tert-alkyl or cyclic N) is 1. The maximum absolute atomic E-state index is 13.6. The third kappa shape index (κ3) is 3.07. The van der Waals surface area contributed by atoms with Gasteiger partial charge in [0.15, 0.2) is 0 Å². The first kappa shape index (κ1) is 15.9. The second-order valence-electron chi connectivity index (χ2n) is 6.23. The third-order valence-electron chi connectivity index (χ3n) is 4.50. The van der Waals surface area contributed by atoms with E-state index in [-0.39, 0.29) is 36.3 Å². The Kier molecular flexibility index (Phi) is 4.33. The molecule has 0 aromatic heterocycles. The van der Waals surface area contributed by atoms with E-state index < -0.39 is 17.2 Å². The molecule has 1 aliphatic rings. The minimum absolute atomic E-state index is 0.0282. The molecule has 1 amide bonds. The summed E-state index contributed by atoms with van der Waals surface area (Å²) in [5.41, 5.74) is -0.731. The molecule has 1 N–H and O–H groups in total. The topological polar surface area (TPSA) is 40.5 Å². The van der Waals surface area contributed by atoms with E-state index in [9.17, 15) is 18.7 Å². The summed E-state index contributed by atoms with van der Waals surface area (Å²) in [6.07, 6.45) is -0.118. The number of hydrogen-bond acceptors (Lipinski definition) is 2. The van der Waals surface area contributed by atoms with E-state index in [0.29, 0.717) is 6.54 Å². The molecular weight excluding hydrogens is 276 g/mol. The number of carbonyl (C=O) groups is 1. The molecule has 1 aliphatic heterocycles. The van der Waals surface area contributed by atoms with Crippen molar-refractivity contribution in [2.45, 2.75) is 32.8 Å². The zero-order chi connectivity index (χ0) is 15.8. The van der Waals surface area contributed by atoms with E-state index in [2.05, 4.69) is 0 Å². The Morgan fingerprint density at radius 1 is 1.48 bits per heavy atom. The van der Waals surface area contributed by atoms with Crippen molar-refractivity contribution in [2.75, 3.05) is 13.1 Å². The fraction of sp³-hybridized carbons (Fsp3) is 0.562. The quantitative estimate of drug-likeness (QED) is 0.930. The van der Waals surface area contributed by atoms with Crippen LogP contribution in [-0.4, -0.2) is 34.6 Å². The fourth-order valence-electron chi connectivity index (χ4n) is 2.90. The summed E-state index contributed by atoms with van der Waals surface area (Å²) < 4.78 is 26.5. The van der Waals surface area contributed by atoms with Gasteiger partial charge in [-0.05, 0) is 17.5 Å². The number of aliphatic hydroxyl groups is 1. The number of rotatable bonds is 3. The summed E-state index contributed by atoms with van der Waals surface area (Å²) in [5, 5.41) is 10.6. The van der Waals surface area contributed by atoms with E-state index in [0.717, 1.165) is 12.1 Å². The number of amides is 1. The third-order valence-corrected chi connectivity index (χ3v) is 4.50. The lowest BCUT2D eigenvalue weighted by Crippen LogP contribution is -2.43. The summed E-state index contributed by atoms with van der Waals surface area (Å²) in [4.78, 5) is 13.8. The zero-order valence-electron chi connectivity index (χ0n) is 12.6. The molecule has 0 spiro atoms. The molecule has 1 aromatic carbocycles. The highest BCUT2D eigenvalue weighted by Crippen LogP contribution is 2.34. The first-order valence-electron chi connectivity index (χ1n) is 7.18. The summed E-state index contributed by atoms with van der Waals surface area (Å²) in [6.45, 7) is 6.46. The van der Waals surface area contributed by atoms with Crippen LogP contribution in [0.1, 0.15) is 26.3 Å². The summed E-state index contributed by atoms with van der Waals surface area (Å²) in [7, 11) is 0. The molecule has 1 heterocycles. The lowest BCUT2D eigenvalue weighted by Gasteiger charge is -2.31. The van der Waals surface area contributed by atoms with Crippen molar-refractivity contribution in [3.63, 3.8) is 0 Å². The summed E-state index contributed by atoms with van der Waals surface area (Å²) >= 11 is 0. The van der Waals surface area contributed by atoms with Gasteiger partial charge in [-0.15, -0.1) is 0 Å². The molecule has 0 aliphatic carbocycles. The second-order valence-corrected chi connectivity index (χ2v) is 6.23. The Balaban J connectivity index is 2.08. The molecule has 5 heteroatoms. The molecule has 1 saturated heterocycles. The average Bonchev–Trinajstić information content (AvgIpc) is 2.70. The Hall–Kier alpha value is -1.49. The van der Waals surface area contributed by atoms with Gasteiger partial charge in [-0.2, -0.15) is 0 Å². The van der Waals surface area contributed by atoms with E-state index in [1.807, 2.05) is 20.8 Å². The van der Waals surface area contributed by atoms with E-state index in [1.54, 1.807) is 4.90 Å². The molecule has 0 radical (unpaired) electrons. The van der Waals surface area contributed by atoms with Crippen LogP contribution in [0.15, 0.2) is 18.2 Å². The first-order valence-corrected chi connectivity index (χ1v) is 7.18. The number of likely N-dealkylation sites (tertiary alicyclic amines) is 1. The van der Waals surface area contributed by atoms with Gasteiger partial charge in [0, 0.05) is 25.1 Å². The SMILES string of the molecule is CC(C)[C@@]1(O)CN(C(=O)Cc2ccc(F)cc2F)C[C@@H]1C. The van der Waals surface area contributed by atoms with Crippen molar-refractivity contribution in [2.24, 2.45) is 11.8 Å². The van der Waals surface area contributed by atoms with Crippen LogP contribution >= 0.6 is 0 Å². The lowest BCUT2D eigenvalue weighted by molar-refractivity contribution is -0.130. The molecule has 0 unspecified atom stereocenters. The summed E-state index contributed by atoms with van der Waals surface area (Å²) in [6, 6.07) is 3.21. The van der Waals surface area contributed by atoms with Crippen molar-refractivity contribution < 1.29 is 18.7 Å². The van der Waals surface area contributed by atoms with Gasteiger partial charge in [0.1, 0.15) is 11.6 Å². The van der Waals surface area contributed by atoms with Crippen LogP contribution in [0.25, 0.3) is 0 Å². The number of hydrogen-bond donors (Lipinski definition) is 1. The highest BCUT2D eigenvalue weighted by atomic mass is 19.1. The van der Waals surface area contributed by atoms with Gasteiger partial charge in [-0.25, -0.2) is 8.78 Å². The standard InChI is InChI=1S/C16H21F2NO2/c1-10(2)16(21)9-19(8-11(16)3)15(20)6-12-4-5-13(17)7-14(12)18/h4-5,7,10-11,21H,6,8-9H2,1-3H3/t11-,16-/m0/s1. The van der Waals surface area contributed by atoms with Crippen molar-refractivity contribution in [3.05, 3.63) is 35.4 Å². The maximum atomic E-state index is 13.6. The van der Waals surface area contributed by atoms with Crippen LogP contribution in [-0.2, 0) is 11.2 Å². The second kappa shape index (κ2) is 5.72. The largest absolute Gasteiger partial charge is 0.387 e. The Labute approximate surface area is 123 Å². The molecule has 1 fully saturated rings. The zero-order valence-corrected chi connectivity index (χ0v) is 12.6. The molecule has 2 atom stereocenters. The van der Waals surface area contributed by atoms with E-state index >= 15 is 0 Å². The average molecular weight is 297 g/mol. The van der Waals surface area contributed by atoms with Gasteiger partial charge in [0.25, 0.3) is 0 Å². The Morgan fingerprint density at radius 2 is 2.14 bits per heavy atom. The van der Waals surface area contributed by atoms with Gasteiger partial charge >= 0.3 is 0 Å². The highest BCUT2D eigenvalue weighted by Gasteiger charge is 2.46. The van der Waals surface area contributed by atoms with Gasteiger partial charge < -0.3 is 10.0 Å². The minimum Gasteiger partial charge on any atom is -0.387 e. The van der Waals surface area contributed by atoms with Crippen molar-refractivity contribution in [1.29, 1.82) is 0 Å². The lowest BCUT2D eigenvalue weighted by atomic mass is 9.82. The highest BCUT2D eigenvalue weighted by molar-refractivity contribution is 5.79. The Bertz CT molecular complexity index is 547. The predicted molar refractivity (Wildman–Crippen MR) is 75.6 cm³/mol. The van der Waals surface area contributed by atoms with Crippen molar-refractivity contribution in [1.82, 2.24) is 4.90 Å². The number of carbonyl (C=O) groups excluding carboxylic acids is 1. The maximum Gasteiger partial charge on any atom is 0.227 e. The van der Waals surface area contributed by atoms with Gasteiger partial charge in [0.05, 0.1) is 12.0 Å². The molecule has 1 aromatic rings. The fourth-order valence-corrected chi connectivity index (χ4v) is 2.90. The Morgan fingerprint density at radius 3 is 2.67 bits per heavy atom. The molecule has 21 heavy (non-hydrogen) atoms. The van der Waals surface area contributed by atoms with Crippen molar-refractivity contribution >= 4 is 5.91 Å². The van der Waals surface area contributed by atoms with Crippen LogP contribution in [0, 0.1) is 23.5 Å². The molecule has 116 valence electrons. The van der Waals surface area contributed by atoms with Crippen LogP contribution in [0.2, 0.25) is 0 Å². The van der Waals surface area contributed by atoms with Crippen LogP contribution in [0.4, 0.5) is 8.78 Å². The van der Waals surface area contributed by atoms with E-state index in [4.69, 9.17) is 0 Å². The monoisotopic (exact) mass is 297 g/mol. The number of halogens is 2. The molecule has 3 nitrogen and oxygen atoms in total. The van der Waals surface area contributed by atoms with E-state index in [1.165, 1.54) is 6.07 Å². The predicted octanol–water partition coefficient (Wildman–Crippen LogP) is 2.37. The smallest absolute Gasteiger partial charge is 0.227 e. The van der Waals surface area contributed by atoms with Gasteiger partial charge in [-0.1, -0.05) is 26.8 Å².